The van der Waals surface area contributed by atoms with Crippen molar-refractivity contribution in [3.63, 3.8) is 0 Å². The predicted octanol–water partition coefficient (Wildman–Crippen LogP) is 4.67. The van der Waals surface area contributed by atoms with E-state index in [-0.39, 0.29) is 18.0 Å². The van der Waals surface area contributed by atoms with Crippen LogP contribution in [0.3, 0.4) is 0 Å². The smallest absolute Gasteiger partial charge is 0.267 e. The first-order chi connectivity index (χ1) is 18.5. The molecule has 9 heteroatoms. The summed E-state index contributed by atoms with van der Waals surface area (Å²) in [5, 5.41) is 10.5. The van der Waals surface area contributed by atoms with E-state index in [1.54, 1.807) is 48.1 Å². The molecule has 0 atom stereocenters. The number of aromatic amines is 1. The standard InChI is InChI=1S/C29H26N4O4S/c34-28(32-35)15-14-21-10-12-22(13-11-21)20-33(18-16-24-19-31-26-8-2-1-7-25(24)26)38(36,37)27-9-3-5-23-6-4-17-30-29(23)27/h1-15,17,19,31,35H,16,18,20H2,(H,32,34)/b15-14+. The lowest BCUT2D eigenvalue weighted by Crippen LogP contribution is -2.32. The molecule has 3 N–H and O–H groups in total. The third kappa shape index (κ3) is 5.35. The zero-order valence-corrected chi connectivity index (χ0v) is 21.2. The van der Waals surface area contributed by atoms with Crippen LogP contribution in [0.25, 0.3) is 27.9 Å². The van der Waals surface area contributed by atoms with Gasteiger partial charge in [0.25, 0.3) is 5.91 Å². The Labute approximate surface area is 220 Å². The van der Waals surface area contributed by atoms with E-state index >= 15 is 0 Å². The van der Waals surface area contributed by atoms with E-state index < -0.39 is 15.9 Å². The number of H-pyrrole nitrogens is 1. The molecule has 38 heavy (non-hydrogen) atoms. The first kappa shape index (κ1) is 25.3. The summed E-state index contributed by atoms with van der Waals surface area (Å²) < 4.78 is 29.6. The van der Waals surface area contributed by atoms with Crippen molar-refractivity contribution in [2.24, 2.45) is 0 Å². The highest BCUT2D eigenvalue weighted by atomic mass is 32.2. The summed E-state index contributed by atoms with van der Waals surface area (Å²) in [5.74, 6) is -0.632. The van der Waals surface area contributed by atoms with E-state index in [9.17, 15) is 13.2 Å². The summed E-state index contributed by atoms with van der Waals surface area (Å²) >= 11 is 0. The Morgan fingerprint density at radius 2 is 1.79 bits per heavy atom. The monoisotopic (exact) mass is 526 g/mol. The van der Waals surface area contributed by atoms with Gasteiger partial charge in [0.05, 0.1) is 5.52 Å². The number of benzene rings is 3. The molecular weight excluding hydrogens is 500 g/mol. The van der Waals surface area contributed by atoms with Crippen LogP contribution in [0.2, 0.25) is 0 Å². The quantitative estimate of drug-likeness (QED) is 0.147. The van der Waals surface area contributed by atoms with Gasteiger partial charge in [0.1, 0.15) is 4.90 Å². The number of hydroxylamine groups is 1. The number of pyridine rings is 1. The largest absolute Gasteiger partial charge is 0.361 e. The summed E-state index contributed by atoms with van der Waals surface area (Å²) in [6.07, 6.45) is 6.82. The van der Waals surface area contributed by atoms with E-state index in [4.69, 9.17) is 5.21 Å². The summed E-state index contributed by atoms with van der Waals surface area (Å²) in [7, 11) is -3.90. The molecule has 1 amide bonds. The molecule has 0 saturated heterocycles. The third-order valence-electron chi connectivity index (χ3n) is 6.39. The number of aromatic nitrogens is 2. The van der Waals surface area contributed by atoms with Gasteiger partial charge in [-0.25, -0.2) is 13.9 Å². The minimum Gasteiger partial charge on any atom is -0.361 e. The molecule has 0 unspecified atom stereocenters. The van der Waals surface area contributed by atoms with E-state index in [0.29, 0.717) is 11.9 Å². The third-order valence-corrected chi connectivity index (χ3v) is 8.27. The van der Waals surface area contributed by atoms with Crippen molar-refractivity contribution in [3.05, 3.63) is 114 Å². The summed E-state index contributed by atoms with van der Waals surface area (Å²) in [6.45, 7) is 0.431. The fourth-order valence-electron chi connectivity index (χ4n) is 4.44. The topological polar surface area (TPSA) is 115 Å². The maximum atomic E-state index is 14.1. The maximum absolute atomic E-state index is 14.1. The normalized spacial score (nSPS) is 12.1. The lowest BCUT2D eigenvalue weighted by Gasteiger charge is -2.23. The van der Waals surface area contributed by atoms with Gasteiger partial charge in [-0.15, -0.1) is 0 Å². The van der Waals surface area contributed by atoms with Gasteiger partial charge in [0, 0.05) is 47.8 Å². The van der Waals surface area contributed by atoms with Gasteiger partial charge in [0.2, 0.25) is 10.0 Å². The molecule has 2 aromatic heterocycles. The van der Waals surface area contributed by atoms with Gasteiger partial charge in [0.15, 0.2) is 0 Å². The molecule has 0 saturated carbocycles. The Kier molecular flexibility index (Phi) is 7.32. The number of hydrogen-bond acceptors (Lipinski definition) is 5. The fraction of sp³-hybridized carbons (Fsp3) is 0.103. The molecule has 2 heterocycles. The van der Waals surface area contributed by atoms with Crippen molar-refractivity contribution in [3.8, 4) is 0 Å². The molecule has 192 valence electrons. The van der Waals surface area contributed by atoms with E-state index in [1.165, 1.54) is 10.4 Å². The lowest BCUT2D eigenvalue weighted by molar-refractivity contribution is -0.124. The molecule has 0 radical (unpaired) electrons. The molecule has 5 aromatic rings. The highest BCUT2D eigenvalue weighted by molar-refractivity contribution is 7.89. The molecule has 5 rings (SSSR count). The Hall–Kier alpha value is -4.31. The van der Waals surface area contributed by atoms with E-state index in [2.05, 4.69) is 9.97 Å². The Morgan fingerprint density at radius 3 is 2.61 bits per heavy atom. The fourth-order valence-corrected chi connectivity index (χ4v) is 6.03. The van der Waals surface area contributed by atoms with Crippen LogP contribution in [-0.2, 0) is 27.8 Å². The van der Waals surface area contributed by atoms with Crippen LogP contribution < -0.4 is 5.48 Å². The number of carbonyl (C=O) groups is 1. The van der Waals surface area contributed by atoms with Gasteiger partial charge in [-0.2, -0.15) is 4.31 Å². The summed E-state index contributed by atoms with van der Waals surface area (Å²) in [6, 6.07) is 24.0. The van der Waals surface area contributed by atoms with Crippen LogP contribution in [0.15, 0.2) is 102 Å². The van der Waals surface area contributed by atoms with E-state index in [1.807, 2.05) is 54.7 Å². The number of sulfonamides is 1. The molecule has 0 fully saturated rings. The molecule has 0 spiro atoms. The number of amides is 1. The first-order valence-corrected chi connectivity index (χ1v) is 13.5. The second kappa shape index (κ2) is 11.0. The molecule has 8 nitrogen and oxygen atoms in total. The number of nitrogens with zero attached hydrogens (tertiary/aromatic N) is 2. The van der Waals surface area contributed by atoms with Crippen molar-refractivity contribution >= 4 is 43.8 Å². The molecule has 0 aliphatic carbocycles. The Morgan fingerprint density at radius 1 is 1.00 bits per heavy atom. The molecule has 0 bridgehead atoms. The minimum absolute atomic E-state index is 0.162. The molecule has 0 aliphatic rings. The number of carbonyl (C=O) groups excluding carboxylic acids is 1. The molecule has 3 aromatic carbocycles. The second-order valence-electron chi connectivity index (χ2n) is 8.83. The van der Waals surface area contributed by atoms with Gasteiger partial charge in [-0.3, -0.25) is 15.0 Å². The van der Waals surface area contributed by atoms with Crippen LogP contribution in [0, 0.1) is 0 Å². The van der Waals surface area contributed by atoms with Crippen molar-refractivity contribution < 1.29 is 18.4 Å². The maximum Gasteiger partial charge on any atom is 0.267 e. The second-order valence-corrected chi connectivity index (χ2v) is 10.7. The SMILES string of the molecule is O=C(/C=C/c1ccc(CN(CCc2c[nH]c3ccccc23)S(=O)(=O)c2cccc3cccnc23)cc1)NO. The number of rotatable bonds is 9. The Balaban J connectivity index is 1.47. The van der Waals surface area contributed by atoms with Gasteiger partial charge in [-0.1, -0.05) is 60.7 Å². The zero-order chi connectivity index (χ0) is 26.5. The molecule has 0 aliphatic heterocycles. The van der Waals surface area contributed by atoms with Crippen LogP contribution in [0.1, 0.15) is 16.7 Å². The van der Waals surface area contributed by atoms with Crippen LogP contribution in [0.5, 0.6) is 0 Å². The summed E-state index contributed by atoms with van der Waals surface area (Å²) in [4.78, 5) is 19.1. The molecular formula is C29H26N4O4S. The Bertz CT molecular complexity index is 1720. The van der Waals surface area contributed by atoms with Crippen LogP contribution in [-0.4, -0.2) is 40.4 Å². The average Bonchev–Trinajstić information content (AvgIpc) is 3.37. The van der Waals surface area contributed by atoms with E-state index in [0.717, 1.165) is 33.0 Å². The number of hydrogen-bond donors (Lipinski definition) is 3. The van der Waals surface area contributed by atoms with Crippen LogP contribution in [0.4, 0.5) is 0 Å². The highest BCUT2D eigenvalue weighted by Crippen LogP contribution is 2.27. The van der Waals surface area contributed by atoms with Crippen molar-refractivity contribution in [2.75, 3.05) is 6.54 Å². The highest BCUT2D eigenvalue weighted by Gasteiger charge is 2.27. The van der Waals surface area contributed by atoms with Gasteiger partial charge >= 0.3 is 0 Å². The van der Waals surface area contributed by atoms with Crippen LogP contribution >= 0.6 is 0 Å². The number of fused-ring (bicyclic) bond motifs is 2. The van der Waals surface area contributed by atoms with Crippen molar-refractivity contribution in [1.29, 1.82) is 0 Å². The number of para-hydroxylation sites is 2. The predicted molar refractivity (Wildman–Crippen MR) is 147 cm³/mol. The van der Waals surface area contributed by atoms with Gasteiger partial charge < -0.3 is 4.98 Å². The van der Waals surface area contributed by atoms with Crippen molar-refractivity contribution in [2.45, 2.75) is 17.9 Å². The average molecular weight is 527 g/mol. The minimum atomic E-state index is -3.90. The first-order valence-electron chi connectivity index (χ1n) is 12.1. The summed E-state index contributed by atoms with van der Waals surface area (Å²) in [5.41, 5.74) is 5.57. The van der Waals surface area contributed by atoms with Crippen molar-refractivity contribution in [1.82, 2.24) is 19.8 Å². The number of nitrogens with one attached hydrogen (secondary N) is 2. The lowest BCUT2D eigenvalue weighted by atomic mass is 10.1. The zero-order valence-electron chi connectivity index (χ0n) is 20.4. The van der Waals surface area contributed by atoms with Gasteiger partial charge in [-0.05, 0) is 47.4 Å².